The van der Waals surface area contributed by atoms with E-state index in [-0.39, 0.29) is 5.41 Å². The van der Waals surface area contributed by atoms with Crippen LogP contribution in [0.5, 0.6) is 5.75 Å². The highest BCUT2D eigenvalue weighted by Crippen LogP contribution is 2.33. The van der Waals surface area contributed by atoms with E-state index in [0.29, 0.717) is 26.4 Å². The summed E-state index contributed by atoms with van der Waals surface area (Å²) in [6.45, 7) is 10.5. The molecular formula is C16H27ClN2O2. The van der Waals surface area contributed by atoms with E-state index in [0.717, 1.165) is 29.4 Å². The highest BCUT2D eigenvalue weighted by molar-refractivity contribution is 6.30. The third-order valence-corrected chi connectivity index (χ3v) is 3.21. The molecule has 0 aromatic heterocycles. The maximum atomic E-state index is 6.07. The molecule has 0 amide bonds. The molecular weight excluding hydrogens is 288 g/mol. The second-order valence-corrected chi connectivity index (χ2v) is 6.33. The summed E-state index contributed by atoms with van der Waals surface area (Å²) in [7, 11) is 0. The van der Waals surface area contributed by atoms with Crippen molar-refractivity contribution in [3.8, 4) is 5.75 Å². The van der Waals surface area contributed by atoms with E-state index in [4.69, 9.17) is 26.8 Å². The predicted octanol–water partition coefficient (Wildman–Crippen LogP) is 2.58. The molecule has 5 heteroatoms. The molecule has 1 rings (SSSR count). The zero-order chi connectivity index (χ0) is 15.7. The minimum atomic E-state index is -0.00671. The Morgan fingerprint density at radius 3 is 2.57 bits per heavy atom. The molecule has 0 atom stereocenters. The van der Waals surface area contributed by atoms with Crippen LogP contribution in [0.15, 0.2) is 18.2 Å². The Bertz CT molecular complexity index is 419. The van der Waals surface area contributed by atoms with Gasteiger partial charge in [-0.1, -0.05) is 32.4 Å². The van der Waals surface area contributed by atoms with Crippen LogP contribution >= 0.6 is 11.6 Å². The van der Waals surface area contributed by atoms with Crippen LogP contribution in [0.1, 0.15) is 26.3 Å². The Balaban J connectivity index is 2.35. The van der Waals surface area contributed by atoms with Crippen LogP contribution in [-0.4, -0.2) is 39.5 Å². The van der Waals surface area contributed by atoms with E-state index in [1.54, 1.807) is 0 Å². The Morgan fingerprint density at radius 2 is 1.90 bits per heavy atom. The molecule has 0 unspecified atom stereocenters. The third kappa shape index (κ3) is 7.14. The highest BCUT2D eigenvalue weighted by Gasteiger charge is 2.19. The van der Waals surface area contributed by atoms with Crippen molar-refractivity contribution in [2.45, 2.75) is 26.2 Å². The topological polar surface area (TPSA) is 56.5 Å². The fraction of sp³-hybridized carbons (Fsp3) is 0.625. The number of hydrogen-bond donors (Lipinski definition) is 2. The molecule has 3 N–H and O–H groups in total. The highest BCUT2D eigenvalue weighted by atomic mass is 35.5. The van der Waals surface area contributed by atoms with Gasteiger partial charge in [0.25, 0.3) is 0 Å². The summed E-state index contributed by atoms with van der Waals surface area (Å²) in [6, 6.07) is 5.74. The zero-order valence-electron chi connectivity index (χ0n) is 13.2. The zero-order valence-corrected chi connectivity index (χ0v) is 14.0. The number of nitrogens with two attached hydrogens (primary N) is 1. The van der Waals surface area contributed by atoms with Gasteiger partial charge in [-0.15, -0.1) is 0 Å². The molecule has 0 saturated heterocycles. The standard InChI is InChI=1S/C16H27ClN2O2/c1-16(2,3)14-12-13(17)4-5-15(14)21-11-10-20-9-8-19-7-6-18/h4-5,12,19H,6-11,18H2,1-3H3. The predicted molar refractivity (Wildman–Crippen MR) is 88.4 cm³/mol. The SMILES string of the molecule is CC(C)(C)c1cc(Cl)ccc1OCCOCCNCCN. The molecule has 0 aliphatic rings. The van der Waals surface area contributed by atoms with Crippen LogP contribution in [0.25, 0.3) is 0 Å². The number of halogens is 1. The fourth-order valence-electron chi connectivity index (χ4n) is 1.90. The second kappa shape index (κ2) is 9.26. The lowest BCUT2D eigenvalue weighted by atomic mass is 9.86. The first-order valence-corrected chi connectivity index (χ1v) is 7.74. The van der Waals surface area contributed by atoms with Crippen LogP contribution in [-0.2, 0) is 10.2 Å². The average Bonchev–Trinajstić information content (AvgIpc) is 2.42. The monoisotopic (exact) mass is 314 g/mol. The molecule has 0 aliphatic heterocycles. The van der Waals surface area contributed by atoms with E-state index < -0.39 is 0 Å². The molecule has 0 aliphatic carbocycles. The number of nitrogens with one attached hydrogen (secondary N) is 1. The van der Waals surface area contributed by atoms with Gasteiger partial charge in [-0.3, -0.25) is 0 Å². The summed E-state index contributed by atoms with van der Waals surface area (Å²) in [5, 5.41) is 3.90. The smallest absolute Gasteiger partial charge is 0.123 e. The minimum Gasteiger partial charge on any atom is -0.491 e. The van der Waals surface area contributed by atoms with Crippen LogP contribution in [0.4, 0.5) is 0 Å². The largest absolute Gasteiger partial charge is 0.491 e. The average molecular weight is 315 g/mol. The number of rotatable bonds is 9. The van der Waals surface area contributed by atoms with Gasteiger partial charge >= 0.3 is 0 Å². The van der Waals surface area contributed by atoms with Gasteiger partial charge in [0.2, 0.25) is 0 Å². The van der Waals surface area contributed by atoms with Crippen LogP contribution in [0.2, 0.25) is 5.02 Å². The first kappa shape index (κ1) is 18.2. The first-order chi connectivity index (χ1) is 9.95. The van der Waals surface area contributed by atoms with Crippen molar-refractivity contribution in [3.63, 3.8) is 0 Å². The van der Waals surface area contributed by atoms with Crippen molar-refractivity contribution in [3.05, 3.63) is 28.8 Å². The van der Waals surface area contributed by atoms with Crippen LogP contribution in [0, 0.1) is 0 Å². The lowest BCUT2D eigenvalue weighted by Crippen LogP contribution is -2.26. The van der Waals surface area contributed by atoms with Crippen molar-refractivity contribution < 1.29 is 9.47 Å². The normalized spacial score (nSPS) is 11.7. The molecule has 0 heterocycles. The number of ether oxygens (including phenoxy) is 2. The quantitative estimate of drug-likeness (QED) is 0.688. The van der Waals surface area contributed by atoms with Gasteiger partial charge in [-0.2, -0.15) is 0 Å². The van der Waals surface area contributed by atoms with Gasteiger partial charge in [0, 0.05) is 30.2 Å². The molecule has 0 radical (unpaired) electrons. The van der Waals surface area contributed by atoms with Crippen molar-refractivity contribution in [2.75, 3.05) is 39.5 Å². The van der Waals surface area contributed by atoms with E-state index in [1.165, 1.54) is 0 Å². The van der Waals surface area contributed by atoms with Gasteiger partial charge in [0.05, 0.1) is 13.2 Å². The van der Waals surface area contributed by atoms with Crippen molar-refractivity contribution >= 4 is 11.6 Å². The van der Waals surface area contributed by atoms with E-state index in [1.807, 2.05) is 18.2 Å². The van der Waals surface area contributed by atoms with Crippen LogP contribution in [0.3, 0.4) is 0 Å². The Hall–Kier alpha value is -0.810. The lowest BCUT2D eigenvalue weighted by Gasteiger charge is -2.23. The Kier molecular flexibility index (Phi) is 8.04. The summed E-state index contributed by atoms with van der Waals surface area (Å²) >= 11 is 6.07. The molecule has 0 bridgehead atoms. The van der Waals surface area contributed by atoms with E-state index >= 15 is 0 Å². The molecule has 0 fully saturated rings. The van der Waals surface area contributed by atoms with Gasteiger partial charge in [0.1, 0.15) is 12.4 Å². The molecule has 1 aromatic rings. The van der Waals surface area contributed by atoms with Gasteiger partial charge in [-0.05, 0) is 23.6 Å². The second-order valence-electron chi connectivity index (χ2n) is 5.89. The van der Waals surface area contributed by atoms with Crippen molar-refractivity contribution in [2.24, 2.45) is 5.73 Å². The molecule has 4 nitrogen and oxygen atoms in total. The Morgan fingerprint density at radius 1 is 1.14 bits per heavy atom. The molecule has 0 saturated carbocycles. The summed E-state index contributed by atoms with van der Waals surface area (Å²) in [5.74, 6) is 0.872. The van der Waals surface area contributed by atoms with E-state index in [2.05, 4.69) is 26.1 Å². The van der Waals surface area contributed by atoms with Crippen molar-refractivity contribution in [1.82, 2.24) is 5.32 Å². The van der Waals surface area contributed by atoms with Gasteiger partial charge in [0.15, 0.2) is 0 Å². The van der Waals surface area contributed by atoms with Crippen molar-refractivity contribution in [1.29, 1.82) is 0 Å². The fourth-order valence-corrected chi connectivity index (χ4v) is 2.07. The minimum absolute atomic E-state index is 0.00671. The number of hydrogen-bond acceptors (Lipinski definition) is 4. The van der Waals surface area contributed by atoms with Gasteiger partial charge in [-0.25, -0.2) is 0 Å². The number of benzene rings is 1. The maximum absolute atomic E-state index is 6.07. The molecule has 120 valence electrons. The molecule has 1 aromatic carbocycles. The Labute approximate surface area is 133 Å². The first-order valence-electron chi connectivity index (χ1n) is 7.36. The third-order valence-electron chi connectivity index (χ3n) is 2.98. The molecule has 21 heavy (non-hydrogen) atoms. The maximum Gasteiger partial charge on any atom is 0.123 e. The summed E-state index contributed by atoms with van der Waals surface area (Å²) in [6.07, 6.45) is 0. The summed E-state index contributed by atoms with van der Waals surface area (Å²) in [4.78, 5) is 0. The van der Waals surface area contributed by atoms with Gasteiger partial charge < -0.3 is 20.5 Å². The lowest BCUT2D eigenvalue weighted by molar-refractivity contribution is 0.101. The molecule has 0 spiro atoms. The summed E-state index contributed by atoms with van der Waals surface area (Å²) in [5.41, 5.74) is 6.49. The van der Waals surface area contributed by atoms with E-state index in [9.17, 15) is 0 Å². The van der Waals surface area contributed by atoms with Crippen LogP contribution < -0.4 is 15.8 Å². The summed E-state index contributed by atoms with van der Waals surface area (Å²) < 4.78 is 11.3.